The Morgan fingerprint density at radius 3 is 2.95 bits per heavy atom. The van der Waals surface area contributed by atoms with Crippen LogP contribution in [0, 0.1) is 5.92 Å². The van der Waals surface area contributed by atoms with Crippen LogP contribution < -0.4 is 0 Å². The smallest absolute Gasteiger partial charge is 0.0813 e. The summed E-state index contributed by atoms with van der Waals surface area (Å²) in [5, 5.41) is 10.3. The van der Waals surface area contributed by atoms with Crippen LogP contribution in [0.1, 0.15) is 44.3 Å². The molecule has 3 heteroatoms. The van der Waals surface area contributed by atoms with Gasteiger partial charge in [-0.05, 0) is 43.4 Å². The van der Waals surface area contributed by atoms with E-state index in [4.69, 9.17) is 0 Å². The molecule has 19 heavy (non-hydrogen) atoms. The molecule has 1 aromatic rings. The van der Waals surface area contributed by atoms with Crippen molar-refractivity contribution >= 4 is 15.9 Å². The third-order valence-corrected chi connectivity index (χ3v) is 4.77. The van der Waals surface area contributed by atoms with Gasteiger partial charge in [-0.1, -0.05) is 47.5 Å². The minimum absolute atomic E-state index is 0.360. The standard InChI is InChI=1S/C16H24BrNO/c1-2-5-13-8-10-18(12-13)11-9-16(19)14-6-3-4-7-15(14)17/h3-4,6-7,13,16,19H,2,5,8-12H2,1H3. The highest BCUT2D eigenvalue weighted by Gasteiger charge is 2.22. The lowest BCUT2D eigenvalue weighted by Crippen LogP contribution is -2.23. The van der Waals surface area contributed by atoms with Crippen LogP contribution in [-0.4, -0.2) is 29.6 Å². The Balaban J connectivity index is 1.78. The average Bonchev–Trinajstić information content (AvgIpc) is 2.85. The fourth-order valence-electron chi connectivity index (χ4n) is 2.97. The van der Waals surface area contributed by atoms with E-state index < -0.39 is 0 Å². The van der Waals surface area contributed by atoms with Gasteiger partial charge in [-0.25, -0.2) is 0 Å². The SMILES string of the molecule is CCCC1CCN(CCC(O)c2ccccc2Br)C1. The van der Waals surface area contributed by atoms with Crippen LogP contribution in [0.2, 0.25) is 0 Å². The average molecular weight is 326 g/mol. The van der Waals surface area contributed by atoms with Gasteiger partial charge in [-0.2, -0.15) is 0 Å². The van der Waals surface area contributed by atoms with E-state index in [2.05, 4.69) is 27.8 Å². The zero-order chi connectivity index (χ0) is 13.7. The number of aliphatic hydroxyl groups excluding tert-OH is 1. The summed E-state index contributed by atoms with van der Waals surface area (Å²) in [6.07, 6.45) is 4.43. The number of benzene rings is 1. The van der Waals surface area contributed by atoms with Gasteiger partial charge in [0.1, 0.15) is 0 Å². The Labute approximate surface area is 124 Å². The van der Waals surface area contributed by atoms with Crippen LogP contribution in [0.3, 0.4) is 0 Å². The van der Waals surface area contributed by atoms with E-state index in [0.29, 0.717) is 0 Å². The van der Waals surface area contributed by atoms with Crippen molar-refractivity contribution in [3.63, 3.8) is 0 Å². The molecule has 2 rings (SSSR count). The summed E-state index contributed by atoms with van der Waals surface area (Å²) in [5.41, 5.74) is 1.01. The monoisotopic (exact) mass is 325 g/mol. The quantitative estimate of drug-likeness (QED) is 0.854. The molecule has 2 atom stereocenters. The molecule has 2 nitrogen and oxygen atoms in total. The molecule has 1 fully saturated rings. The molecule has 2 unspecified atom stereocenters. The Bertz CT molecular complexity index is 396. The van der Waals surface area contributed by atoms with Gasteiger partial charge in [0.25, 0.3) is 0 Å². The number of nitrogens with zero attached hydrogens (tertiary/aromatic N) is 1. The molecule has 1 aliphatic heterocycles. The highest BCUT2D eigenvalue weighted by atomic mass is 79.9. The highest BCUT2D eigenvalue weighted by Crippen LogP contribution is 2.27. The Kier molecular flexibility index (Phi) is 5.86. The first kappa shape index (κ1) is 15.0. The van der Waals surface area contributed by atoms with E-state index in [1.807, 2.05) is 24.3 Å². The number of rotatable bonds is 6. The Hall–Kier alpha value is -0.380. The number of aliphatic hydroxyl groups is 1. The fraction of sp³-hybridized carbons (Fsp3) is 0.625. The van der Waals surface area contributed by atoms with Crippen molar-refractivity contribution in [2.24, 2.45) is 5.92 Å². The summed E-state index contributed by atoms with van der Waals surface area (Å²) in [4.78, 5) is 2.50. The lowest BCUT2D eigenvalue weighted by Gasteiger charge is -2.19. The molecule has 1 N–H and O–H groups in total. The molecule has 0 spiro atoms. The zero-order valence-electron chi connectivity index (χ0n) is 11.7. The van der Waals surface area contributed by atoms with Crippen LogP contribution in [-0.2, 0) is 0 Å². The van der Waals surface area contributed by atoms with Gasteiger partial charge in [0.05, 0.1) is 6.10 Å². The van der Waals surface area contributed by atoms with E-state index in [1.54, 1.807) is 0 Å². The van der Waals surface area contributed by atoms with Crippen molar-refractivity contribution in [2.45, 2.75) is 38.7 Å². The summed E-state index contributed by atoms with van der Waals surface area (Å²) in [7, 11) is 0. The van der Waals surface area contributed by atoms with Gasteiger partial charge in [0.15, 0.2) is 0 Å². The molecule has 1 aliphatic rings. The molecule has 0 aliphatic carbocycles. The predicted octanol–water partition coefficient (Wildman–Crippen LogP) is 3.99. The molecule has 1 saturated heterocycles. The van der Waals surface area contributed by atoms with Crippen molar-refractivity contribution in [2.75, 3.05) is 19.6 Å². The first-order chi connectivity index (χ1) is 9.20. The van der Waals surface area contributed by atoms with Crippen LogP contribution >= 0.6 is 15.9 Å². The van der Waals surface area contributed by atoms with Crippen molar-refractivity contribution in [3.05, 3.63) is 34.3 Å². The molecular weight excluding hydrogens is 302 g/mol. The van der Waals surface area contributed by atoms with Crippen LogP contribution in [0.25, 0.3) is 0 Å². The van der Waals surface area contributed by atoms with Crippen molar-refractivity contribution < 1.29 is 5.11 Å². The topological polar surface area (TPSA) is 23.5 Å². The van der Waals surface area contributed by atoms with Crippen molar-refractivity contribution in [1.29, 1.82) is 0 Å². The molecule has 106 valence electrons. The summed E-state index contributed by atoms with van der Waals surface area (Å²) < 4.78 is 1.01. The van der Waals surface area contributed by atoms with Gasteiger partial charge in [0, 0.05) is 17.6 Å². The van der Waals surface area contributed by atoms with Crippen molar-refractivity contribution in [3.8, 4) is 0 Å². The van der Waals surface area contributed by atoms with E-state index in [9.17, 15) is 5.11 Å². The second-order valence-corrected chi connectivity index (χ2v) is 6.42. The van der Waals surface area contributed by atoms with Crippen LogP contribution in [0.4, 0.5) is 0 Å². The minimum Gasteiger partial charge on any atom is -0.388 e. The summed E-state index contributed by atoms with van der Waals surface area (Å²) in [6.45, 7) is 5.69. The maximum Gasteiger partial charge on any atom is 0.0813 e. The molecule has 0 saturated carbocycles. The minimum atomic E-state index is -0.360. The molecule has 1 aromatic carbocycles. The van der Waals surface area contributed by atoms with Gasteiger partial charge in [0.2, 0.25) is 0 Å². The lowest BCUT2D eigenvalue weighted by atomic mass is 10.0. The van der Waals surface area contributed by atoms with Crippen molar-refractivity contribution in [1.82, 2.24) is 4.90 Å². The zero-order valence-corrected chi connectivity index (χ0v) is 13.3. The summed E-state index contributed by atoms with van der Waals surface area (Å²) >= 11 is 3.51. The third kappa shape index (κ3) is 4.30. The maximum absolute atomic E-state index is 10.3. The molecule has 0 amide bonds. The normalized spacial score (nSPS) is 21.7. The van der Waals surface area contributed by atoms with E-state index >= 15 is 0 Å². The highest BCUT2D eigenvalue weighted by molar-refractivity contribution is 9.10. The molecule has 0 bridgehead atoms. The molecular formula is C16H24BrNO. The second-order valence-electron chi connectivity index (χ2n) is 5.57. The number of hydrogen-bond donors (Lipinski definition) is 1. The number of halogens is 1. The van der Waals surface area contributed by atoms with E-state index in [0.717, 1.165) is 28.9 Å². The lowest BCUT2D eigenvalue weighted by molar-refractivity contribution is 0.147. The van der Waals surface area contributed by atoms with Gasteiger partial charge in [-0.3, -0.25) is 0 Å². The van der Waals surface area contributed by atoms with Crippen LogP contribution in [0.5, 0.6) is 0 Å². The third-order valence-electron chi connectivity index (χ3n) is 4.05. The first-order valence-corrected chi connectivity index (χ1v) is 8.14. The van der Waals surface area contributed by atoms with Crippen LogP contribution in [0.15, 0.2) is 28.7 Å². The maximum atomic E-state index is 10.3. The number of likely N-dealkylation sites (tertiary alicyclic amines) is 1. The first-order valence-electron chi connectivity index (χ1n) is 7.35. The Morgan fingerprint density at radius 2 is 2.21 bits per heavy atom. The molecule has 0 aromatic heterocycles. The summed E-state index contributed by atoms with van der Waals surface area (Å²) in [6, 6.07) is 7.96. The second kappa shape index (κ2) is 7.41. The van der Waals surface area contributed by atoms with Gasteiger partial charge >= 0.3 is 0 Å². The largest absolute Gasteiger partial charge is 0.388 e. The molecule has 1 heterocycles. The Morgan fingerprint density at radius 1 is 1.42 bits per heavy atom. The molecule has 0 radical (unpaired) electrons. The van der Waals surface area contributed by atoms with E-state index in [-0.39, 0.29) is 6.10 Å². The number of hydrogen-bond acceptors (Lipinski definition) is 2. The van der Waals surface area contributed by atoms with Gasteiger partial charge < -0.3 is 10.0 Å². The van der Waals surface area contributed by atoms with E-state index in [1.165, 1.54) is 32.4 Å². The fourth-order valence-corrected chi connectivity index (χ4v) is 3.51. The van der Waals surface area contributed by atoms with Gasteiger partial charge in [-0.15, -0.1) is 0 Å². The predicted molar refractivity (Wildman–Crippen MR) is 83.2 cm³/mol. The summed E-state index contributed by atoms with van der Waals surface area (Å²) in [5.74, 6) is 0.880.